The molecule has 0 atom stereocenters. The van der Waals surface area contributed by atoms with Gasteiger partial charge in [0.25, 0.3) is 0 Å². The zero-order chi connectivity index (χ0) is 65.6. The van der Waals surface area contributed by atoms with Crippen LogP contribution < -0.4 is 0 Å². The number of aromatic nitrogens is 5. The molecular formula is C90H54N8. The molecule has 0 bridgehead atoms. The Morgan fingerprint density at radius 3 is 0.888 bits per heavy atom. The molecule has 0 fully saturated rings. The van der Waals surface area contributed by atoms with Gasteiger partial charge < -0.3 is 9.13 Å². The fourth-order valence-corrected chi connectivity index (χ4v) is 13.9. The SMILES string of the molecule is N#Cc1ccc(-c2ccc(-c3nc(-c4ccc(-c5ccc(C#N)cc5)c(-n5c6ccc(-c7ccccc7)cc6c6cc(-c7ccccc7)ccc65)c4)nc(-c4ccccc4-c4cccc(C#N)c4)n3)cc2-n2c3ccc(-c4ccccc4)cc3c3cc(-c4ccccc4)ccc32)cc1. The molecule has 3 heterocycles. The Balaban J connectivity index is 0.925. The van der Waals surface area contributed by atoms with Crippen molar-refractivity contribution in [3.8, 4) is 142 Å². The number of rotatable bonds is 12. The van der Waals surface area contributed by atoms with Crippen LogP contribution in [0.5, 0.6) is 0 Å². The third-order valence-electron chi connectivity index (χ3n) is 18.7. The lowest BCUT2D eigenvalue weighted by atomic mass is 9.97. The maximum atomic E-state index is 10.2. The first-order valence-corrected chi connectivity index (χ1v) is 32.5. The second-order valence-corrected chi connectivity index (χ2v) is 24.4. The molecule has 0 aliphatic heterocycles. The van der Waals surface area contributed by atoms with E-state index in [9.17, 15) is 15.8 Å². The van der Waals surface area contributed by atoms with Gasteiger partial charge in [-0.1, -0.05) is 231 Å². The molecule has 98 heavy (non-hydrogen) atoms. The molecule has 0 spiro atoms. The molecule has 0 saturated carbocycles. The van der Waals surface area contributed by atoms with E-state index in [-0.39, 0.29) is 0 Å². The Bertz CT molecular complexity index is 5590. The van der Waals surface area contributed by atoms with E-state index in [1.165, 1.54) is 0 Å². The largest absolute Gasteiger partial charge is 0.309 e. The van der Waals surface area contributed by atoms with Crippen molar-refractivity contribution < 1.29 is 0 Å². The lowest BCUT2D eigenvalue weighted by Gasteiger charge is -2.18. The van der Waals surface area contributed by atoms with E-state index < -0.39 is 0 Å². The van der Waals surface area contributed by atoms with Gasteiger partial charge >= 0.3 is 0 Å². The molecule has 454 valence electrons. The van der Waals surface area contributed by atoms with E-state index in [0.29, 0.717) is 34.2 Å². The van der Waals surface area contributed by atoms with Crippen molar-refractivity contribution in [3.05, 3.63) is 344 Å². The van der Waals surface area contributed by atoms with Gasteiger partial charge in [0.1, 0.15) is 0 Å². The Labute approximate surface area is 566 Å². The average Bonchev–Trinajstić information content (AvgIpc) is 1.58. The molecule has 3 aromatic heterocycles. The predicted molar refractivity (Wildman–Crippen MR) is 397 cm³/mol. The summed E-state index contributed by atoms with van der Waals surface area (Å²) in [4.78, 5) is 16.7. The molecule has 0 N–H and O–H groups in total. The van der Waals surface area contributed by atoms with Gasteiger partial charge in [0.15, 0.2) is 17.5 Å². The highest BCUT2D eigenvalue weighted by Gasteiger charge is 2.24. The number of hydrogen-bond donors (Lipinski definition) is 0. The van der Waals surface area contributed by atoms with E-state index in [4.69, 9.17) is 15.0 Å². The first kappa shape index (κ1) is 58.0. The molecule has 0 radical (unpaired) electrons. The second-order valence-electron chi connectivity index (χ2n) is 24.4. The maximum absolute atomic E-state index is 10.2. The highest BCUT2D eigenvalue weighted by Crippen LogP contribution is 2.45. The quantitative estimate of drug-likeness (QED) is 0.120. The number of nitriles is 3. The van der Waals surface area contributed by atoms with Crippen molar-refractivity contribution >= 4 is 43.6 Å². The minimum Gasteiger partial charge on any atom is -0.309 e. The second kappa shape index (κ2) is 24.6. The number of hydrogen-bond acceptors (Lipinski definition) is 6. The molecule has 0 saturated heterocycles. The van der Waals surface area contributed by atoms with Crippen molar-refractivity contribution in [1.29, 1.82) is 15.8 Å². The van der Waals surface area contributed by atoms with Gasteiger partial charge in [-0.05, 0) is 164 Å². The van der Waals surface area contributed by atoms with Gasteiger partial charge in [-0.2, -0.15) is 15.8 Å². The first-order valence-electron chi connectivity index (χ1n) is 32.5. The lowest BCUT2D eigenvalue weighted by Crippen LogP contribution is -2.04. The Kier molecular flexibility index (Phi) is 14.5. The van der Waals surface area contributed by atoms with Crippen LogP contribution in [0.15, 0.2) is 328 Å². The summed E-state index contributed by atoms with van der Waals surface area (Å²) in [6, 6.07) is 120. The molecule has 17 rings (SSSR count). The van der Waals surface area contributed by atoms with Crippen molar-refractivity contribution in [1.82, 2.24) is 24.1 Å². The summed E-state index contributed by atoms with van der Waals surface area (Å²) in [7, 11) is 0. The van der Waals surface area contributed by atoms with Gasteiger partial charge in [0, 0.05) is 49.4 Å². The van der Waals surface area contributed by atoms with Crippen LogP contribution in [0, 0.1) is 34.0 Å². The summed E-state index contributed by atoms with van der Waals surface area (Å²) in [5.41, 5.74) is 24.1. The number of nitrogens with zero attached hydrogens (tertiary/aromatic N) is 8. The summed E-state index contributed by atoms with van der Waals surface area (Å²) in [5, 5.41) is 34.7. The fraction of sp³-hybridized carbons (Fsp3) is 0. The van der Waals surface area contributed by atoms with Crippen LogP contribution in [0.2, 0.25) is 0 Å². The molecular weight excluding hydrogens is 1190 g/mol. The molecule has 0 aliphatic rings. The zero-order valence-electron chi connectivity index (χ0n) is 52.8. The third-order valence-corrected chi connectivity index (χ3v) is 18.7. The summed E-state index contributed by atoms with van der Waals surface area (Å²) < 4.78 is 4.72. The van der Waals surface area contributed by atoms with Gasteiger partial charge in [-0.15, -0.1) is 0 Å². The Hall–Kier alpha value is -13.8. The fourth-order valence-electron chi connectivity index (χ4n) is 13.9. The van der Waals surface area contributed by atoms with Crippen LogP contribution in [0.4, 0.5) is 0 Å². The standard InChI is InChI=1S/C90H54N8/c91-55-58-28-32-65(33-29-58)75-42-36-72(53-86(75)97-82-44-38-67(61-17-5-1-6-18-61)49-78(82)79-50-68(39-45-83(79)97)62-19-7-2-8-20-62)88-94-89(96-90(95-88)77-27-14-13-26-74(77)71-25-15-16-60(48-71)57-93)73-37-43-76(66-34-30-59(56-92)31-35-66)87(54-73)98-84-46-40-69(63-21-9-3-10-22-63)51-80(84)81-52-70(41-47-85(81)98)64-23-11-4-12-24-64/h1-54H. The molecule has 0 aliphatic carbocycles. The van der Waals surface area contributed by atoms with E-state index >= 15 is 0 Å². The van der Waals surface area contributed by atoms with Crippen LogP contribution >= 0.6 is 0 Å². The van der Waals surface area contributed by atoms with Gasteiger partial charge in [-0.25, -0.2) is 15.0 Å². The van der Waals surface area contributed by atoms with Crippen molar-refractivity contribution in [2.45, 2.75) is 0 Å². The number of fused-ring (bicyclic) bond motifs is 6. The highest BCUT2D eigenvalue weighted by atomic mass is 15.0. The van der Waals surface area contributed by atoms with E-state index in [2.05, 4.69) is 234 Å². The Morgan fingerprint density at radius 1 is 0.204 bits per heavy atom. The molecule has 8 nitrogen and oxygen atoms in total. The summed E-state index contributed by atoms with van der Waals surface area (Å²) in [5.74, 6) is 1.32. The van der Waals surface area contributed by atoms with Crippen LogP contribution in [-0.2, 0) is 0 Å². The average molecular weight is 1250 g/mol. The van der Waals surface area contributed by atoms with E-state index in [0.717, 1.165) is 150 Å². The topological polar surface area (TPSA) is 120 Å². The molecule has 17 aromatic rings. The summed E-state index contributed by atoms with van der Waals surface area (Å²) >= 11 is 0. The monoisotopic (exact) mass is 1250 g/mol. The number of benzene rings is 14. The third kappa shape index (κ3) is 10.5. The van der Waals surface area contributed by atoms with Gasteiger partial charge in [0.2, 0.25) is 0 Å². The molecule has 0 amide bonds. The van der Waals surface area contributed by atoms with E-state index in [1.54, 1.807) is 0 Å². The molecule has 0 unspecified atom stereocenters. The Morgan fingerprint density at radius 2 is 0.520 bits per heavy atom. The van der Waals surface area contributed by atoms with Crippen molar-refractivity contribution in [2.24, 2.45) is 0 Å². The first-order chi connectivity index (χ1) is 48.4. The van der Waals surface area contributed by atoms with Crippen molar-refractivity contribution in [2.75, 3.05) is 0 Å². The van der Waals surface area contributed by atoms with Crippen LogP contribution in [0.25, 0.3) is 167 Å². The lowest BCUT2D eigenvalue weighted by molar-refractivity contribution is 1.07. The molecule has 14 aromatic carbocycles. The van der Waals surface area contributed by atoms with Crippen molar-refractivity contribution in [3.63, 3.8) is 0 Å². The minimum absolute atomic E-state index is 0.438. The minimum atomic E-state index is 0.438. The normalized spacial score (nSPS) is 11.2. The van der Waals surface area contributed by atoms with Gasteiger partial charge in [0.05, 0.1) is 68.3 Å². The van der Waals surface area contributed by atoms with Crippen LogP contribution in [-0.4, -0.2) is 24.1 Å². The summed E-state index contributed by atoms with van der Waals surface area (Å²) in [6.07, 6.45) is 0. The zero-order valence-corrected chi connectivity index (χ0v) is 52.8. The molecule has 8 heteroatoms. The van der Waals surface area contributed by atoms with Crippen LogP contribution in [0.3, 0.4) is 0 Å². The van der Waals surface area contributed by atoms with Gasteiger partial charge in [-0.3, -0.25) is 0 Å². The van der Waals surface area contributed by atoms with Crippen LogP contribution in [0.1, 0.15) is 16.7 Å². The smallest absolute Gasteiger partial charge is 0.164 e. The van der Waals surface area contributed by atoms with E-state index in [1.807, 2.05) is 121 Å². The predicted octanol–water partition coefficient (Wildman–Crippen LogP) is 22.4. The highest BCUT2D eigenvalue weighted by molar-refractivity contribution is 6.14. The summed E-state index contributed by atoms with van der Waals surface area (Å²) in [6.45, 7) is 0. The maximum Gasteiger partial charge on any atom is 0.164 e.